The lowest BCUT2D eigenvalue weighted by molar-refractivity contribution is -0.133. The maximum atomic E-state index is 13.1. The molecular formula is C23H39N3O6S. The van der Waals surface area contributed by atoms with Gasteiger partial charge in [0.15, 0.2) is 0 Å². The van der Waals surface area contributed by atoms with Crippen molar-refractivity contribution >= 4 is 22.0 Å². The molecule has 9 nitrogen and oxygen atoms in total. The second-order valence-electron chi connectivity index (χ2n) is 10.0. The number of carbonyl (C=O) groups excluding carboxylic acids is 1. The Kier molecular flexibility index (Phi) is 10.3. The van der Waals surface area contributed by atoms with Gasteiger partial charge in [-0.3, -0.25) is 4.79 Å². The van der Waals surface area contributed by atoms with Crippen LogP contribution in [-0.4, -0.2) is 66.0 Å². The molecule has 0 fully saturated rings. The van der Waals surface area contributed by atoms with Crippen LogP contribution in [0, 0.1) is 11.3 Å². The van der Waals surface area contributed by atoms with E-state index in [1.807, 2.05) is 19.9 Å². The fraction of sp³-hybridized carbons (Fsp3) is 0.652. The van der Waals surface area contributed by atoms with Crippen molar-refractivity contribution in [3.8, 4) is 0 Å². The number of carbonyl (C=O) groups is 2. The van der Waals surface area contributed by atoms with E-state index >= 15 is 0 Å². The zero-order chi connectivity index (χ0) is 25.4. The monoisotopic (exact) mass is 485 g/mol. The van der Waals surface area contributed by atoms with Gasteiger partial charge in [-0.1, -0.05) is 65.0 Å². The summed E-state index contributed by atoms with van der Waals surface area (Å²) in [6.07, 6.45) is 0.391. The number of sulfonamides is 1. The van der Waals surface area contributed by atoms with E-state index in [1.165, 1.54) is 4.31 Å². The Balaban J connectivity index is 3.18. The summed E-state index contributed by atoms with van der Waals surface area (Å²) >= 11 is 0. The van der Waals surface area contributed by atoms with E-state index < -0.39 is 39.2 Å². The average Bonchev–Trinajstić information content (AvgIpc) is 2.64. The highest BCUT2D eigenvalue weighted by atomic mass is 32.2. The minimum atomic E-state index is -3.52. The molecule has 0 spiro atoms. The number of aliphatic hydroxyl groups is 1. The number of benzene rings is 1. The standard InChI is InChI=1S/C23H39N3O6S/c1-17(2)12-14-26(33(6,31)32)15-13-23(30,16-18-10-8-7-9-11-18)25-20(27)19(22(3,4)5)24-21(28)29/h7-11,17,19,24,30H,12-16H2,1-6H3,(H,25,27)(H,28,29)/t19-,23-/m1/s1. The lowest BCUT2D eigenvalue weighted by Gasteiger charge is -2.36. The zero-order valence-corrected chi connectivity index (χ0v) is 21.3. The van der Waals surface area contributed by atoms with Crippen molar-refractivity contribution < 1.29 is 28.2 Å². The van der Waals surface area contributed by atoms with Gasteiger partial charge in [0.05, 0.1) is 6.26 Å². The fourth-order valence-electron chi connectivity index (χ4n) is 3.38. The smallest absolute Gasteiger partial charge is 0.405 e. The molecule has 4 N–H and O–H groups in total. The van der Waals surface area contributed by atoms with Crippen LogP contribution >= 0.6 is 0 Å². The third-order valence-electron chi connectivity index (χ3n) is 5.29. The molecule has 2 amide bonds. The van der Waals surface area contributed by atoms with Crippen molar-refractivity contribution in [2.24, 2.45) is 11.3 Å². The molecule has 0 aromatic heterocycles. The molecule has 10 heteroatoms. The largest absolute Gasteiger partial charge is 0.465 e. The Bertz CT molecular complexity index is 883. The van der Waals surface area contributed by atoms with Crippen molar-refractivity contribution in [1.29, 1.82) is 0 Å². The predicted octanol–water partition coefficient (Wildman–Crippen LogP) is 2.41. The first-order valence-electron chi connectivity index (χ1n) is 11.1. The number of rotatable bonds is 12. The molecule has 1 aromatic carbocycles. The number of carboxylic acid groups (broad SMARTS) is 1. The number of amides is 2. The van der Waals surface area contributed by atoms with Crippen LogP contribution in [0.2, 0.25) is 0 Å². The fourth-order valence-corrected chi connectivity index (χ4v) is 4.24. The molecular weight excluding hydrogens is 446 g/mol. The highest BCUT2D eigenvalue weighted by Crippen LogP contribution is 2.22. The van der Waals surface area contributed by atoms with Crippen molar-refractivity contribution in [3.05, 3.63) is 35.9 Å². The summed E-state index contributed by atoms with van der Waals surface area (Å²) in [5, 5.41) is 25.4. The third kappa shape index (κ3) is 10.5. The van der Waals surface area contributed by atoms with Gasteiger partial charge < -0.3 is 20.8 Å². The van der Waals surface area contributed by atoms with Crippen LogP contribution in [-0.2, 0) is 21.2 Å². The molecule has 0 radical (unpaired) electrons. The number of hydrogen-bond acceptors (Lipinski definition) is 5. The van der Waals surface area contributed by atoms with Crippen LogP contribution in [0.5, 0.6) is 0 Å². The maximum absolute atomic E-state index is 13.1. The normalized spacial score (nSPS) is 15.2. The predicted molar refractivity (Wildman–Crippen MR) is 128 cm³/mol. The molecule has 0 aliphatic rings. The average molecular weight is 486 g/mol. The summed E-state index contributed by atoms with van der Waals surface area (Å²) in [7, 11) is -3.52. The molecule has 1 aromatic rings. The summed E-state index contributed by atoms with van der Waals surface area (Å²) in [6.45, 7) is 9.42. The van der Waals surface area contributed by atoms with Crippen LogP contribution in [0.15, 0.2) is 30.3 Å². The molecule has 0 heterocycles. The van der Waals surface area contributed by atoms with Gasteiger partial charge in [-0.2, -0.15) is 0 Å². The van der Waals surface area contributed by atoms with Crippen LogP contribution in [0.1, 0.15) is 53.0 Å². The van der Waals surface area contributed by atoms with E-state index in [1.54, 1.807) is 45.0 Å². The second-order valence-corrected chi connectivity index (χ2v) is 12.0. The number of hydrogen-bond donors (Lipinski definition) is 4. The first-order valence-corrected chi connectivity index (χ1v) is 12.9. The third-order valence-corrected chi connectivity index (χ3v) is 6.59. The first kappa shape index (κ1) is 28.9. The maximum Gasteiger partial charge on any atom is 0.405 e. The molecule has 188 valence electrons. The molecule has 0 saturated carbocycles. The molecule has 0 aliphatic heterocycles. The van der Waals surface area contributed by atoms with E-state index in [2.05, 4.69) is 10.6 Å². The highest BCUT2D eigenvalue weighted by molar-refractivity contribution is 7.88. The van der Waals surface area contributed by atoms with Gasteiger partial charge in [-0.05, 0) is 23.3 Å². The van der Waals surface area contributed by atoms with Gasteiger partial charge in [0.1, 0.15) is 11.8 Å². The van der Waals surface area contributed by atoms with E-state index in [-0.39, 0.29) is 19.4 Å². The first-order chi connectivity index (χ1) is 15.0. The van der Waals surface area contributed by atoms with Crippen molar-refractivity contribution in [2.45, 2.75) is 65.6 Å². The van der Waals surface area contributed by atoms with Gasteiger partial charge in [0, 0.05) is 25.9 Å². The molecule has 2 atom stereocenters. The van der Waals surface area contributed by atoms with Crippen molar-refractivity contribution in [2.75, 3.05) is 19.3 Å². The van der Waals surface area contributed by atoms with Crippen LogP contribution in [0.3, 0.4) is 0 Å². The van der Waals surface area contributed by atoms with Crippen LogP contribution in [0.4, 0.5) is 4.79 Å². The van der Waals surface area contributed by atoms with Gasteiger partial charge in [-0.15, -0.1) is 0 Å². The lowest BCUT2D eigenvalue weighted by atomic mass is 9.85. The lowest BCUT2D eigenvalue weighted by Crippen LogP contribution is -2.60. The molecule has 0 bridgehead atoms. The summed E-state index contributed by atoms with van der Waals surface area (Å²) in [5.41, 5.74) is -1.80. The number of nitrogens with zero attached hydrogens (tertiary/aromatic N) is 1. The molecule has 0 saturated heterocycles. The summed E-state index contributed by atoms with van der Waals surface area (Å²) in [6, 6.07) is 7.89. The van der Waals surface area contributed by atoms with Crippen molar-refractivity contribution in [1.82, 2.24) is 14.9 Å². The van der Waals surface area contributed by atoms with E-state index in [4.69, 9.17) is 0 Å². The van der Waals surface area contributed by atoms with E-state index in [0.29, 0.717) is 18.9 Å². The molecule has 0 aliphatic carbocycles. The Labute approximate surface area is 197 Å². The van der Waals surface area contributed by atoms with Crippen molar-refractivity contribution in [3.63, 3.8) is 0 Å². The topological polar surface area (TPSA) is 136 Å². The zero-order valence-electron chi connectivity index (χ0n) is 20.5. The molecule has 33 heavy (non-hydrogen) atoms. The SMILES string of the molecule is CC(C)CCN(CC[C@@](O)(Cc1ccccc1)NC(=O)[C@@H](NC(=O)O)C(C)(C)C)S(C)(=O)=O. The molecule has 1 rings (SSSR count). The van der Waals surface area contributed by atoms with Gasteiger partial charge in [0.2, 0.25) is 15.9 Å². The summed E-state index contributed by atoms with van der Waals surface area (Å²) in [4.78, 5) is 24.3. The van der Waals surface area contributed by atoms with Gasteiger partial charge >= 0.3 is 6.09 Å². The minimum absolute atomic E-state index is 0.00170. The van der Waals surface area contributed by atoms with Gasteiger partial charge in [0.25, 0.3) is 0 Å². The minimum Gasteiger partial charge on any atom is -0.465 e. The van der Waals surface area contributed by atoms with E-state index in [0.717, 1.165) is 11.8 Å². The Morgan fingerprint density at radius 1 is 1.09 bits per heavy atom. The van der Waals surface area contributed by atoms with E-state index in [9.17, 15) is 28.2 Å². The van der Waals surface area contributed by atoms with Crippen LogP contribution in [0.25, 0.3) is 0 Å². The number of nitrogens with one attached hydrogen (secondary N) is 2. The Morgan fingerprint density at radius 2 is 1.67 bits per heavy atom. The van der Waals surface area contributed by atoms with Gasteiger partial charge in [-0.25, -0.2) is 17.5 Å². The quantitative estimate of drug-likeness (QED) is 0.336. The molecule has 0 unspecified atom stereocenters. The Hall–Kier alpha value is -2.17. The Morgan fingerprint density at radius 3 is 2.12 bits per heavy atom. The second kappa shape index (κ2) is 11.8. The highest BCUT2D eigenvalue weighted by Gasteiger charge is 2.38. The summed E-state index contributed by atoms with van der Waals surface area (Å²) in [5.74, 6) is -0.386. The van der Waals surface area contributed by atoms with Crippen LogP contribution < -0.4 is 10.6 Å². The summed E-state index contributed by atoms with van der Waals surface area (Å²) < 4.78 is 25.9.